The van der Waals surface area contributed by atoms with Crippen molar-refractivity contribution >= 4 is 5.91 Å². The number of benzene rings is 2. The Hall–Kier alpha value is -2.17. The molecule has 1 atom stereocenters. The van der Waals surface area contributed by atoms with Crippen molar-refractivity contribution in [3.8, 4) is 0 Å². The fourth-order valence-electron chi connectivity index (χ4n) is 3.38. The standard InChI is InChI=1S/C22H28N2O2/c1-2-18-8-10-20(11-9-18)21(24-12-14-26-15-13-24)17-23-22(25)16-19-6-4-3-5-7-19/h3-11,21H,2,12-17H2,1H3,(H,23,25). The van der Waals surface area contributed by atoms with Crippen LogP contribution in [0, 0.1) is 0 Å². The number of carbonyl (C=O) groups excluding carboxylic acids is 1. The van der Waals surface area contributed by atoms with E-state index in [1.807, 2.05) is 30.3 Å². The van der Waals surface area contributed by atoms with Crippen LogP contribution in [-0.4, -0.2) is 43.7 Å². The topological polar surface area (TPSA) is 41.6 Å². The number of hydrogen-bond acceptors (Lipinski definition) is 3. The Morgan fingerprint density at radius 2 is 1.73 bits per heavy atom. The molecule has 138 valence electrons. The fraction of sp³-hybridized carbons (Fsp3) is 0.409. The van der Waals surface area contributed by atoms with Gasteiger partial charge in [0.15, 0.2) is 0 Å². The number of hydrogen-bond donors (Lipinski definition) is 1. The minimum Gasteiger partial charge on any atom is -0.379 e. The van der Waals surface area contributed by atoms with Gasteiger partial charge in [-0.05, 0) is 23.1 Å². The van der Waals surface area contributed by atoms with Gasteiger partial charge in [-0.3, -0.25) is 9.69 Å². The Bertz CT molecular complexity index is 679. The molecule has 0 spiro atoms. The first kappa shape index (κ1) is 18.6. The van der Waals surface area contributed by atoms with Crippen LogP contribution < -0.4 is 5.32 Å². The molecule has 0 aromatic heterocycles. The van der Waals surface area contributed by atoms with E-state index in [0.717, 1.165) is 38.3 Å². The monoisotopic (exact) mass is 352 g/mol. The second kappa shape index (κ2) is 9.51. The number of ether oxygens (including phenoxy) is 1. The number of amides is 1. The van der Waals surface area contributed by atoms with Gasteiger partial charge in [-0.15, -0.1) is 0 Å². The first-order valence-electron chi connectivity index (χ1n) is 9.47. The van der Waals surface area contributed by atoms with Gasteiger partial charge in [0, 0.05) is 19.6 Å². The van der Waals surface area contributed by atoms with Crippen molar-refractivity contribution in [2.24, 2.45) is 0 Å². The van der Waals surface area contributed by atoms with Gasteiger partial charge in [-0.1, -0.05) is 61.5 Å². The summed E-state index contributed by atoms with van der Waals surface area (Å²) in [5, 5.41) is 3.13. The quantitative estimate of drug-likeness (QED) is 0.833. The summed E-state index contributed by atoms with van der Waals surface area (Å²) in [6, 6.07) is 18.8. The van der Waals surface area contributed by atoms with Crippen molar-refractivity contribution in [2.75, 3.05) is 32.8 Å². The van der Waals surface area contributed by atoms with Crippen molar-refractivity contribution in [3.05, 3.63) is 71.3 Å². The molecule has 1 heterocycles. The van der Waals surface area contributed by atoms with Crippen LogP contribution in [0.4, 0.5) is 0 Å². The third kappa shape index (κ3) is 5.16. The highest BCUT2D eigenvalue weighted by molar-refractivity contribution is 5.78. The number of aryl methyl sites for hydroxylation is 1. The van der Waals surface area contributed by atoms with Crippen LogP contribution in [0.2, 0.25) is 0 Å². The summed E-state index contributed by atoms with van der Waals surface area (Å²) in [6.07, 6.45) is 1.46. The van der Waals surface area contributed by atoms with Crippen molar-refractivity contribution in [2.45, 2.75) is 25.8 Å². The lowest BCUT2D eigenvalue weighted by Crippen LogP contribution is -2.44. The smallest absolute Gasteiger partial charge is 0.224 e. The van der Waals surface area contributed by atoms with E-state index in [9.17, 15) is 4.79 Å². The van der Waals surface area contributed by atoms with Gasteiger partial charge < -0.3 is 10.1 Å². The Morgan fingerprint density at radius 1 is 1.04 bits per heavy atom. The Kier molecular flexibility index (Phi) is 6.81. The number of nitrogens with one attached hydrogen (secondary N) is 1. The summed E-state index contributed by atoms with van der Waals surface area (Å²) in [4.78, 5) is 14.8. The van der Waals surface area contributed by atoms with E-state index >= 15 is 0 Å². The molecule has 2 aromatic carbocycles. The van der Waals surface area contributed by atoms with Gasteiger partial charge in [-0.25, -0.2) is 0 Å². The van der Waals surface area contributed by atoms with Crippen LogP contribution in [0.5, 0.6) is 0 Å². The molecule has 0 bridgehead atoms. The minimum absolute atomic E-state index is 0.0691. The number of carbonyl (C=O) groups is 1. The highest BCUT2D eigenvalue weighted by atomic mass is 16.5. The molecule has 1 amide bonds. The zero-order valence-corrected chi connectivity index (χ0v) is 15.5. The highest BCUT2D eigenvalue weighted by Crippen LogP contribution is 2.22. The van der Waals surface area contributed by atoms with Crippen molar-refractivity contribution in [3.63, 3.8) is 0 Å². The maximum atomic E-state index is 12.4. The summed E-state index contributed by atoms with van der Waals surface area (Å²) in [6.45, 7) is 6.09. The Balaban J connectivity index is 1.65. The average Bonchev–Trinajstić information content (AvgIpc) is 2.70. The minimum atomic E-state index is 0.0691. The molecule has 4 heteroatoms. The predicted molar refractivity (Wildman–Crippen MR) is 104 cm³/mol. The summed E-state index contributed by atoms with van der Waals surface area (Å²) < 4.78 is 5.50. The van der Waals surface area contributed by atoms with Crippen LogP contribution in [0.15, 0.2) is 54.6 Å². The third-order valence-corrected chi connectivity index (χ3v) is 4.96. The number of nitrogens with zero attached hydrogens (tertiary/aromatic N) is 1. The van der Waals surface area contributed by atoms with E-state index in [-0.39, 0.29) is 11.9 Å². The molecular formula is C22H28N2O2. The molecule has 26 heavy (non-hydrogen) atoms. The van der Waals surface area contributed by atoms with Crippen LogP contribution in [0.25, 0.3) is 0 Å². The van der Waals surface area contributed by atoms with E-state index < -0.39 is 0 Å². The number of rotatable bonds is 7. The molecule has 2 aromatic rings. The van der Waals surface area contributed by atoms with Gasteiger partial charge in [0.05, 0.1) is 25.7 Å². The summed E-state index contributed by atoms with van der Waals surface area (Å²) in [5.74, 6) is 0.0691. The van der Waals surface area contributed by atoms with E-state index in [1.54, 1.807) is 0 Å². The summed E-state index contributed by atoms with van der Waals surface area (Å²) >= 11 is 0. The third-order valence-electron chi connectivity index (χ3n) is 4.96. The molecule has 1 aliphatic heterocycles. The predicted octanol–water partition coefficient (Wildman–Crippen LogP) is 2.98. The van der Waals surface area contributed by atoms with E-state index in [4.69, 9.17) is 4.74 Å². The molecule has 0 radical (unpaired) electrons. The van der Waals surface area contributed by atoms with Gasteiger partial charge in [0.1, 0.15) is 0 Å². The second-order valence-electron chi connectivity index (χ2n) is 6.73. The molecule has 1 aliphatic rings. The zero-order valence-electron chi connectivity index (χ0n) is 15.5. The van der Waals surface area contributed by atoms with Crippen LogP contribution in [-0.2, 0) is 22.4 Å². The number of morpholine rings is 1. The lowest BCUT2D eigenvalue weighted by molar-refractivity contribution is -0.120. The maximum Gasteiger partial charge on any atom is 0.224 e. The molecule has 1 fully saturated rings. The van der Waals surface area contributed by atoms with Crippen LogP contribution in [0.3, 0.4) is 0 Å². The second-order valence-corrected chi connectivity index (χ2v) is 6.73. The van der Waals surface area contributed by atoms with E-state index in [2.05, 4.69) is 41.4 Å². The van der Waals surface area contributed by atoms with Crippen molar-refractivity contribution < 1.29 is 9.53 Å². The van der Waals surface area contributed by atoms with E-state index in [1.165, 1.54) is 11.1 Å². The normalized spacial score (nSPS) is 16.2. The highest BCUT2D eigenvalue weighted by Gasteiger charge is 2.23. The van der Waals surface area contributed by atoms with Gasteiger partial charge in [0.2, 0.25) is 5.91 Å². The zero-order chi connectivity index (χ0) is 18.2. The molecule has 1 saturated heterocycles. The first-order valence-corrected chi connectivity index (χ1v) is 9.47. The van der Waals surface area contributed by atoms with Crippen LogP contribution >= 0.6 is 0 Å². The Morgan fingerprint density at radius 3 is 2.38 bits per heavy atom. The van der Waals surface area contributed by atoms with Gasteiger partial charge in [-0.2, -0.15) is 0 Å². The molecule has 0 aliphatic carbocycles. The lowest BCUT2D eigenvalue weighted by Gasteiger charge is -2.35. The molecule has 3 rings (SSSR count). The lowest BCUT2D eigenvalue weighted by atomic mass is 10.0. The van der Waals surface area contributed by atoms with Crippen molar-refractivity contribution in [1.82, 2.24) is 10.2 Å². The van der Waals surface area contributed by atoms with Crippen molar-refractivity contribution in [1.29, 1.82) is 0 Å². The van der Waals surface area contributed by atoms with E-state index in [0.29, 0.717) is 13.0 Å². The van der Waals surface area contributed by atoms with Gasteiger partial charge >= 0.3 is 0 Å². The van der Waals surface area contributed by atoms with Crippen LogP contribution in [0.1, 0.15) is 29.7 Å². The first-order chi connectivity index (χ1) is 12.8. The molecule has 0 saturated carbocycles. The molecule has 4 nitrogen and oxygen atoms in total. The Labute approximate surface area is 156 Å². The summed E-state index contributed by atoms with van der Waals surface area (Å²) in [5.41, 5.74) is 3.63. The fourth-order valence-corrected chi connectivity index (χ4v) is 3.38. The largest absolute Gasteiger partial charge is 0.379 e. The molecule has 1 unspecified atom stereocenters. The molecule has 1 N–H and O–H groups in total. The SMILES string of the molecule is CCc1ccc(C(CNC(=O)Cc2ccccc2)N2CCOCC2)cc1. The van der Waals surface area contributed by atoms with Gasteiger partial charge in [0.25, 0.3) is 0 Å². The average molecular weight is 352 g/mol. The maximum absolute atomic E-state index is 12.4. The summed E-state index contributed by atoms with van der Waals surface area (Å²) in [7, 11) is 0. The molecular weight excluding hydrogens is 324 g/mol.